The van der Waals surface area contributed by atoms with Crippen LogP contribution in [0.4, 0.5) is 10.3 Å². The molecule has 1 aromatic carbocycles. The van der Waals surface area contributed by atoms with Gasteiger partial charge in [-0.15, -0.1) is 5.10 Å². The lowest BCUT2D eigenvalue weighted by Gasteiger charge is -2.28. The normalized spacial score (nSPS) is 13.3. The molecule has 0 saturated carbocycles. The fourth-order valence-electron chi connectivity index (χ4n) is 2.24. The summed E-state index contributed by atoms with van der Waals surface area (Å²) in [4.78, 5) is 1.40. The molecule has 156 valence electrons. The van der Waals surface area contributed by atoms with Gasteiger partial charge < -0.3 is 14.4 Å². The highest BCUT2D eigenvalue weighted by atomic mass is 31.2. The Balaban J connectivity index is 2.40. The van der Waals surface area contributed by atoms with Gasteiger partial charge in [-0.1, -0.05) is 44.9 Å². The van der Waals surface area contributed by atoms with Crippen LogP contribution in [0, 0.1) is 17.7 Å². The second-order valence-corrected chi connectivity index (χ2v) is 9.43. The van der Waals surface area contributed by atoms with Gasteiger partial charge in [-0.2, -0.15) is 4.80 Å². The van der Waals surface area contributed by atoms with Gasteiger partial charge in [0.15, 0.2) is 5.78 Å². The first kappa shape index (κ1) is 22.5. The Hall–Kier alpha value is -1.83. The van der Waals surface area contributed by atoms with Gasteiger partial charge in [0.05, 0.1) is 19.8 Å². The summed E-state index contributed by atoms with van der Waals surface area (Å²) >= 11 is 0. The monoisotopic (exact) mass is 413 g/mol. The first-order valence-electron chi connectivity index (χ1n) is 9.42. The summed E-state index contributed by atoms with van der Waals surface area (Å²) in [6.45, 7) is 10.8. The molecule has 1 atom stereocenters. The predicted molar refractivity (Wildman–Crippen MR) is 105 cm³/mol. The lowest BCUT2D eigenvalue weighted by molar-refractivity contribution is 0.168. The quantitative estimate of drug-likeness (QED) is 0.543. The molecule has 0 saturated heterocycles. The smallest absolute Gasteiger partial charge is 0.334 e. The summed E-state index contributed by atoms with van der Waals surface area (Å²) in [5.74, 6) is -0.788. The summed E-state index contributed by atoms with van der Waals surface area (Å²) in [6, 6.07) is 5.69. The molecule has 0 aliphatic heterocycles. The average molecular weight is 413 g/mol. The van der Waals surface area contributed by atoms with Gasteiger partial charge in [-0.05, 0) is 41.7 Å². The van der Waals surface area contributed by atoms with Gasteiger partial charge in [0, 0.05) is 0 Å². The minimum Gasteiger partial charge on any atom is -0.334 e. The van der Waals surface area contributed by atoms with Crippen LogP contribution in [0.5, 0.6) is 0 Å². The first-order valence-corrected chi connectivity index (χ1v) is 11.0. The van der Waals surface area contributed by atoms with Gasteiger partial charge in [0.25, 0.3) is 5.95 Å². The van der Waals surface area contributed by atoms with Crippen molar-refractivity contribution in [1.29, 1.82) is 0 Å². The van der Waals surface area contributed by atoms with E-state index >= 15 is 0 Å². The lowest BCUT2D eigenvalue weighted by Crippen LogP contribution is -2.18. The fourth-order valence-corrected chi connectivity index (χ4v) is 4.43. The van der Waals surface area contributed by atoms with E-state index < -0.39 is 19.2 Å². The van der Waals surface area contributed by atoms with E-state index in [-0.39, 0.29) is 31.0 Å². The summed E-state index contributed by atoms with van der Waals surface area (Å²) in [5, 5.41) is 15.1. The second kappa shape index (κ2) is 10.1. The van der Waals surface area contributed by atoms with Crippen LogP contribution in [0.25, 0.3) is 0 Å². The van der Waals surface area contributed by atoms with E-state index in [1.807, 2.05) is 34.6 Å². The lowest BCUT2D eigenvalue weighted by atomic mass is 10.2. The third kappa shape index (κ3) is 6.36. The molecule has 1 heterocycles. The van der Waals surface area contributed by atoms with Crippen molar-refractivity contribution >= 4 is 13.5 Å². The third-order valence-electron chi connectivity index (χ3n) is 3.68. The minimum atomic E-state index is -3.69. The Labute approximate surface area is 165 Å². The third-order valence-corrected chi connectivity index (χ3v) is 5.76. The summed E-state index contributed by atoms with van der Waals surface area (Å²) in [7, 11) is -3.69. The van der Waals surface area contributed by atoms with Gasteiger partial charge >= 0.3 is 7.60 Å². The molecule has 0 amide bonds. The Morgan fingerprint density at radius 2 is 1.68 bits per heavy atom. The number of aryl methyl sites for hydroxylation is 1. The van der Waals surface area contributed by atoms with E-state index in [9.17, 15) is 8.96 Å². The van der Waals surface area contributed by atoms with E-state index in [1.54, 1.807) is 12.1 Å². The molecule has 0 radical (unpaired) electrons. The van der Waals surface area contributed by atoms with Crippen molar-refractivity contribution in [1.82, 2.24) is 20.2 Å². The van der Waals surface area contributed by atoms with Gasteiger partial charge in [0.1, 0.15) is 5.82 Å². The number of halogens is 1. The molecular weight excluding hydrogens is 384 g/mol. The molecular formula is C18H29FN5O3P. The highest BCUT2D eigenvalue weighted by molar-refractivity contribution is 7.54. The summed E-state index contributed by atoms with van der Waals surface area (Å²) in [6.07, 6.45) is 0. The van der Waals surface area contributed by atoms with Crippen LogP contribution in [0.3, 0.4) is 0 Å². The van der Waals surface area contributed by atoms with Crippen LogP contribution in [-0.2, 0) is 20.2 Å². The first-order chi connectivity index (χ1) is 13.2. The van der Waals surface area contributed by atoms with Crippen LogP contribution in [0.2, 0.25) is 0 Å². The molecule has 0 aliphatic carbocycles. The van der Waals surface area contributed by atoms with Crippen molar-refractivity contribution in [2.75, 3.05) is 18.5 Å². The maximum atomic E-state index is 13.8. The number of rotatable bonds is 11. The molecule has 2 aromatic rings. The number of nitrogens with one attached hydrogen (secondary N) is 1. The Morgan fingerprint density at radius 1 is 1.11 bits per heavy atom. The predicted octanol–water partition coefficient (Wildman–Crippen LogP) is 4.48. The second-order valence-electron chi connectivity index (χ2n) is 7.32. The number of hydrogen-bond donors (Lipinski definition) is 1. The molecule has 1 aromatic heterocycles. The van der Waals surface area contributed by atoms with Crippen LogP contribution >= 0.6 is 7.60 Å². The summed E-state index contributed by atoms with van der Waals surface area (Å²) < 4.78 is 38.8. The molecule has 0 aliphatic rings. The molecule has 0 fully saturated rings. The summed E-state index contributed by atoms with van der Waals surface area (Å²) in [5.41, 5.74) is 0.546. The van der Waals surface area contributed by atoms with Crippen LogP contribution in [0.1, 0.15) is 46.0 Å². The molecule has 28 heavy (non-hydrogen) atoms. The van der Waals surface area contributed by atoms with Crippen molar-refractivity contribution in [3.63, 3.8) is 0 Å². The Morgan fingerprint density at radius 3 is 2.14 bits per heavy atom. The number of nitrogens with zero attached hydrogens (tertiary/aromatic N) is 4. The molecule has 0 unspecified atom stereocenters. The molecule has 10 heteroatoms. The molecule has 1 N–H and O–H groups in total. The van der Waals surface area contributed by atoms with Gasteiger partial charge in [-0.25, -0.2) is 4.39 Å². The Bertz CT molecular complexity index is 766. The Kier molecular flexibility index (Phi) is 8.10. The van der Waals surface area contributed by atoms with E-state index in [4.69, 9.17) is 9.05 Å². The fraction of sp³-hybridized carbons (Fsp3) is 0.611. The van der Waals surface area contributed by atoms with E-state index in [2.05, 4.69) is 20.7 Å². The molecule has 2 rings (SSSR count). The van der Waals surface area contributed by atoms with Crippen LogP contribution in [0.15, 0.2) is 24.3 Å². The number of aromatic nitrogens is 4. The topological polar surface area (TPSA) is 91.2 Å². The van der Waals surface area contributed by atoms with Crippen molar-refractivity contribution in [2.45, 2.75) is 46.9 Å². The van der Waals surface area contributed by atoms with E-state index in [1.165, 1.54) is 16.9 Å². The number of tetrazole rings is 1. The zero-order chi connectivity index (χ0) is 20.7. The highest BCUT2D eigenvalue weighted by Crippen LogP contribution is 2.61. The number of hydrogen-bond acceptors (Lipinski definition) is 7. The van der Waals surface area contributed by atoms with Crippen LogP contribution in [-0.4, -0.2) is 33.4 Å². The van der Waals surface area contributed by atoms with E-state index in [0.29, 0.717) is 12.1 Å². The largest absolute Gasteiger partial charge is 0.357 e. The maximum absolute atomic E-state index is 13.8. The standard InChI is InChI=1S/C18H29FN5O3P/c1-6-24-22-18(21-23-24)20-17(15-7-9-16(19)10-8-15)28(25,26-11-13(2)3)27-12-14(4)5/h7-10,13-14,17H,6,11-12H2,1-5H3,(H,20,22)/t17-/m1/s1. The molecule has 0 spiro atoms. The van der Waals surface area contributed by atoms with Crippen molar-refractivity contribution in [3.05, 3.63) is 35.6 Å². The average Bonchev–Trinajstić information content (AvgIpc) is 3.11. The zero-order valence-corrected chi connectivity index (χ0v) is 17.9. The SMILES string of the molecule is CCn1nnc(N[C@@H](c2ccc(F)cc2)P(=O)(OCC(C)C)OCC(C)C)n1. The number of benzene rings is 1. The van der Waals surface area contributed by atoms with E-state index in [0.717, 1.165) is 0 Å². The molecule has 0 bridgehead atoms. The van der Waals surface area contributed by atoms with Gasteiger partial charge in [-0.3, -0.25) is 4.57 Å². The zero-order valence-electron chi connectivity index (χ0n) is 17.0. The van der Waals surface area contributed by atoms with Crippen molar-refractivity contribution < 1.29 is 18.0 Å². The van der Waals surface area contributed by atoms with Crippen molar-refractivity contribution in [2.24, 2.45) is 11.8 Å². The molecule has 8 nitrogen and oxygen atoms in total. The van der Waals surface area contributed by atoms with Gasteiger partial charge in [0.2, 0.25) is 0 Å². The minimum absolute atomic E-state index is 0.156. The number of anilines is 1. The highest BCUT2D eigenvalue weighted by Gasteiger charge is 2.39. The van der Waals surface area contributed by atoms with Crippen molar-refractivity contribution in [3.8, 4) is 0 Å². The maximum Gasteiger partial charge on any atom is 0.357 e. The van der Waals surface area contributed by atoms with Crippen LogP contribution < -0.4 is 5.32 Å².